The highest BCUT2D eigenvalue weighted by Gasteiger charge is 2.10. The SMILES string of the molecule is Cc1ccc2nc(-c3cc4cc(Br)ccc4o3)cn2c1. The predicted octanol–water partition coefficient (Wildman–Crippen LogP) is 4.82. The molecule has 1 aromatic carbocycles. The van der Waals surface area contributed by atoms with Gasteiger partial charge in [0.2, 0.25) is 0 Å². The van der Waals surface area contributed by atoms with Crippen LogP contribution in [0.4, 0.5) is 0 Å². The van der Waals surface area contributed by atoms with Gasteiger partial charge in [-0.15, -0.1) is 0 Å². The predicted molar refractivity (Wildman–Crippen MR) is 82.8 cm³/mol. The van der Waals surface area contributed by atoms with Crippen molar-refractivity contribution in [3.63, 3.8) is 0 Å². The Morgan fingerprint density at radius 3 is 2.90 bits per heavy atom. The number of hydrogen-bond donors (Lipinski definition) is 0. The van der Waals surface area contributed by atoms with Crippen molar-refractivity contribution >= 4 is 32.5 Å². The summed E-state index contributed by atoms with van der Waals surface area (Å²) in [5.41, 5.74) is 3.85. The van der Waals surface area contributed by atoms with Gasteiger partial charge >= 0.3 is 0 Å². The van der Waals surface area contributed by atoms with Gasteiger partial charge in [0, 0.05) is 22.3 Å². The van der Waals surface area contributed by atoms with Gasteiger partial charge in [-0.25, -0.2) is 4.98 Å². The van der Waals surface area contributed by atoms with Crippen molar-refractivity contribution in [1.29, 1.82) is 0 Å². The van der Waals surface area contributed by atoms with E-state index in [0.717, 1.165) is 32.5 Å². The fourth-order valence-electron chi connectivity index (χ4n) is 2.36. The molecular formula is C16H11BrN2O. The Bertz CT molecular complexity index is 858. The molecular weight excluding hydrogens is 316 g/mol. The minimum atomic E-state index is 0.791. The van der Waals surface area contributed by atoms with E-state index >= 15 is 0 Å². The van der Waals surface area contributed by atoms with Crippen molar-refractivity contribution in [2.24, 2.45) is 0 Å². The van der Waals surface area contributed by atoms with Gasteiger partial charge in [-0.3, -0.25) is 0 Å². The van der Waals surface area contributed by atoms with Crippen LogP contribution in [-0.4, -0.2) is 9.38 Å². The molecule has 3 nitrogen and oxygen atoms in total. The molecule has 4 heteroatoms. The first-order valence-corrected chi connectivity index (χ1v) is 7.13. The number of nitrogens with zero attached hydrogens (tertiary/aromatic N) is 2. The van der Waals surface area contributed by atoms with Crippen molar-refractivity contribution in [3.05, 3.63) is 58.8 Å². The molecule has 0 bridgehead atoms. The van der Waals surface area contributed by atoms with Gasteiger partial charge < -0.3 is 8.82 Å². The van der Waals surface area contributed by atoms with Crippen LogP contribution in [0.1, 0.15) is 5.56 Å². The van der Waals surface area contributed by atoms with E-state index in [1.165, 1.54) is 5.56 Å². The van der Waals surface area contributed by atoms with Crippen molar-refractivity contribution in [2.75, 3.05) is 0 Å². The molecule has 0 unspecified atom stereocenters. The van der Waals surface area contributed by atoms with E-state index < -0.39 is 0 Å². The van der Waals surface area contributed by atoms with Crippen LogP contribution in [0.2, 0.25) is 0 Å². The second kappa shape index (κ2) is 4.21. The second-order valence-corrected chi connectivity index (χ2v) is 5.81. The maximum absolute atomic E-state index is 5.87. The number of aromatic nitrogens is 2. The van der Waals surface area contributed by atoms with Gasteiger partial charge in [0.05, 0.1) is 0 Å². The van der Waals surface area contributed by atoms with Crippen molar-refractivity contribution < 1.29 is 4.42 Å². The van der Waals surface area contributed by atoms with E-state index in [1.54, 1.807) is 0 Å². The molecule has 0 N–H and O–H groups in total. The quantitative estimate of drug-likeness (QED) is 0.502. The summed E-state index contributed by atoms with van der Waals surface area (Å²) in [5.74, 6) is 0.791. The lowest BCUT2D eigenvalue weighted by atomic mass is 10.2. The van der Waals surface area contributed by atoms with Crippen LogP contribution in [0.25, 0.3) is 28.1 Å². The third-order valence-corrected chi connectivity index (χ3v) is 3.82. The number of aryl methyl sites for hydroxylation is 1. The molecule has 3 aromatic heterocycles. The summed E-state index contributed by atoms with van der Waals surface area (Å²) in [7, 11) is 0. The number of halogens is 1. The van der Waals surface area contributed by atoms with E-state index in [-0.39, 0.29) is 0 Å². The third-order valence-electron chi connectivity index (χ3n) is 3.33. The van der Waals surface area contributed by atoms with Gasteiger partial charge in [0.1, 0.15) is 16.9 Å². The number of fused-ring (bicyclic) bond motifs is 2. The smallest absolute Gasteiger partial charge is 0.155 e. The first kappa shape index (κ1) is 11.7. The monoisotopic (exact) mass is 326 g/mol. The van der Waals surface area contributed by atoms with Gasteiger partial charge in [0.25, 0.3) is 0 Å². The molecule has 3 heterocycles. The standard InChI is InChI=1S/C16H11BrN2O/c1-10-2-5-16-18-13(9-19(16)8-10)15-7-11-6-12(17)3-4-14(11)20-15/h2-9H,1H3. The van der Waals surface area contributed by atoms with E-state index in [9.17, 15) is 0 Å². The number of furan rings is 1. The average molecular weight is 327 g/mol. The first-order valence-electron chi connectivity index (χ1n) is 6.34. The van der Waals surface area contributed by atoms with Crippen LogP contribution in [0.15, 0.2) is 57.7 Å². The van der Waals surface area contributed by atoms with Crippen LogP contribution < -0.4 is 0 Å². The van der Waals surface area contributed by atoms with Crippen molar-refractivity contribution in [1.82, 2.24) is 9.38 Å². The lowest BCUT2D eigenvalue weighted by molar-refractivity contribution is 0.629. The number of rotatable bonds is 1. The fraction of sp³-hybridized carbons (Fsp3) is 0.0625. The highest BCUT2D eigenvalue weighted by atomic mass is 79.9. The average Bonchev–Trinajstić information content (AvgIpc) is 3.00. The largest absolute Gasteiger partial charge is 0.454 e. The van der Waals surface area contributed by atoms with Gasteiger partial charge in [-0.1, -0.05) is 22.0 Å². The molecule has 4 rings (SSSR count). The van der Waals surface area contributed by atoms with Crippen LogP contribution >= 0.6 is 15.9 Å². The number of benzene rings is 1. The maximum Gasteiger partial charge on any atom is 0.155 e. The molecule has 0 spiro atoms. The summed E-state index contributed by atoms with van der Waals surface area (Å²) >= 11 is 3.47. The highest BCUT2D eigenvalue weighted by molar-refractivity contribution is 9.10. The Kier molecular flexibility index (Phi) is 2.47. The Balaban J connectivity index is 1.91. The molecule has 0 saturated carbocycles. The van der Waals surface area contributed by atoms with Gasteiger partial charge in [0.15, 0.2) is 5.76 Å². The minimum Gasteiger partial charge on any atom is -0.454 e. The summed E-state index contributed by atoms with van der Waals surface area (Å²) in [6.45, 7) is 2.07. The van der Waals surface area contributed by atoms with Crippen LogP contribution in [0.5, 0.6) is 0 Å². The Morgan fingerprint density at radius 1 is 1.10 bits per heavy atom. The molecule has 0 aliphatic rings. The normalized spacial score (nSPS) is 11.5. The maximum atomic E-state index is 5.87. The van der Waals surface area contributed by atoms with Crippen LogP contribution in [0, 0.1) is 6.92 Å². The summed E-state index contributed by atoms with van der Waals surface area (Å²) < 4.78 is 8.94. The number of hydrogen-bond acceptors (Lipinski definition) is 2. The Hall–Kier alpha value is -2.07. The highest BCUT2D eigenvalue weighted by Crippen LogP contribution is 2.29. The number of imidazole rings is 1. The minimum absolute atomic E-state index is 0.791. The zero-order chi connectivity index (χ0) is 13.7. The lowest BCUT2D eigenvalue weighted by Gasteiger charge is -1.92. The van der Waals surface area contributed by atoms with Gasteiger partial charge in [-0.05, 0) is 42.8 Å². The Morgan fingerprint density at radius 2 is 2.00 bits per heavy atom. The molecule has 0 aliphatic carbocycles. The fourth-order valence-corrected chi connectivity index (χ4v) is 2.74. The second-order valence-electron chi connectivity index (χ2n) is 4.89. The van der Waals surface area contributed by atoms with Crippen molar-refractivity contribution in [3.8, 4) is 11.5 Å². The Labute approximate surface area is 124 Å². The molecule has 0 aliphatic heterocycles. The molecule has 0 fully saturated rings. The zero-order valence-corrected chi connectivity index (χ0v) is 12.4. The lowest BCUT2D eigenvalue weighted by Crippen LogP contribution is -1.82. The molecule has 0 atom stereocenters. The first-order chi connectivity index (χ1) is 9.69. The molecule has 20 heavy (non-hydrogen) atoms. The zero-order valence-electron chi connectivity index (χ0n) is 10.8. The molecule has 0 radical (unpaired) electrons. The van der Waals surface area contributed by atoms with E-state index in [1.807, 2.05) is 40.9 Å². The van der Waals surface area contributed by atoms with Crippen molar-refractivity contribution in [2.45, 2.75) is 6.92 Å². The summed E-state index contributed by atoms with van der Waals surface area (Å²) in [6, 6.07) is 12.1. The summed E-state index contributed by atoms with van der Waals surface area (Å²) in [4.78, 5) is 4.60. The molecule has 98 valence electrons. The van der Waals surface area contributed by atoms with Gasteiger partial charge in [-0.2, -0.15) is 0 Å². The van der Waals surface area contributed by atoms with Crippen LogP contribution in [0.3, 0.4) is 0 Å². The van der Waals surface area contributed by atoms with E-state index in [2.05, 4.69) is 40.1 Å². The van der Waals surface area contributed by atoms with Crippen LogP contribution in [-0.2, 0) is 0 Å². The molecule has 0 saturated heterocycles. The third kappa shape index (κ3) is 1.84. The van der Waals surface area contributed by atoms with E-state index in [0.29, 0.717) is 0 Å². The topological polar surface area (TPSA) is 30.4 Å². The number of pyridine rings is 1. The summed E-state index contributed by atoms with van der Waals surface area (Å²) in [6.07, 6.45) is 4.06. The summed E-state index contributed by atoms with van der Waals surface area (Å²) in [5, 5.41) is 1.07. The molecule has 0 amide bonds. The molecule has 4 aromatic rings. The van der Waals surface area contributed by atoms with E-state index in [4.69, 9.17) is 4.42 Å².